The number of rotatable bonds is 3. The molecule has 0 spiro atoms. The van der Waals surface area contributed by atoms with Gasteiger partial charge >= 0.3 is 6.18 Å². The number of carbonyl (C=O) groups excluding carboxylic acids is 2. The quantitative estimate of drug-likeness (QED) is 0.409. The SMILES string of the molecule is Cc1[nH]c2ccccc2c1C(=O)C(=O)NCC#Cc1ccccc1C(F)(F)F. The van der Waals surface area contributed by atoms with Crippen LogP contribution in [0.15, 0.2) is 48.5 Å². The average Bonchev–Trinajstić information content (AvgIpc) is 2.99. The maximum absolute atomic E-state index is 12.9. The van der Waals surface area contributed by atoms with E-state index in [4.69, 9.17) is 0 Å². The number of nitrogens with one attached hydrogen (secondary N) is 2. The van der Waals surface area contributed by atoms with Gasteiger partial charge in [0.25, 0.3) is 11.7 Å². The van der Waals surface area contributed by atoms with Crippen LogP contribution in [0, 0.1) is 18.8 Å². The van der Waals surface area contributed by atoms with Gasteiger partial charge in [0, 0.05) is 22.2 Å². The number of aromatic amines is 1. The van der Waals surface area contributed by atoms with Crippen molar-refractivity contribution in [3.05, 3.63) is 70.9 Å². The van der Waals surface area contributed by atoms with Gasteiger partial charge in [-0.1, -0.05) is 42.2 Å². The Morgan fingerprint density at radius 2 is 1.75 bits per heavy atom. The molecule has 1 amide bonds. The van der Waals surface area contributed by atoms with Gasteiger partial charge in [-0.15, -0.1) is 0 Å². The van der Waals surface area contributed by atoms with Crippen molar-refractivity contribution in [2.45, 2.75) is 13.1 Å². The van der Waals surface area contributed by atoms with Crippen LogP contribution in [-0.2, 0) is 11.0 Å². The second kappa shape index (κ2) is 7.61. The minimum Gasteiger partial charge on any atom is -0.358 e. The smallest absolute Gasteiger partial charge is 0.358 e. The second-order valence-corrected chi connectivity index (χ2v) is 6.03. The minimum atomic E-state index is -4.52. The zero-order valence-corrected chi connectivity index (χ0v) is 14.8. The van der Waals surface area contributed by atoms with E-state index >= 15 is 0 Å². The normalized spacial score (nSPS) is 11.0. The van der Waals surface area contributed by atoms with E-state index in [9.17, 15) is 22.8 Å². The first-order valence-corrected chi connectivity index (χ1v) is 8.34. The van der Waals surface area contributed by atoms with Crippen LogP contribution >= 0.6 is 0 Å². The molecule has 0 radical (unpaired) electrons. The van der Waals surface area contributed by atoms with E-state index in [0.717, 1.165) is 11.6 Å². The van der Waals surface area contributed by atoms with Gasteiger partial charge in [-0.2, -0.15) is 13.2 Å². The van der Waals surface area contributed by atoms with Crippen LogP contribution in [0.25, 0.3) is 10.9 Å². The van der Waals surface area contributed by atoms with Crippen molar-refractivity contribution in [2.24, 2.45) is 0 Å². The number of ketones is 1. The number of amides is 1. The first kappa shape index (κ1) is 19.2. The highest BCUT2D eigenvalue weighted by molar-refractivity contribution is 6.45. The molecule has 2 N–H and O–H groups in total. The van der Waals surface area contributed by atoms with Gasteiger partial charge in [-0.25, -0.2) is 0 Å². The zero-order chi connectivity index (χ0) is 20.3. The summed E-state index contributed by atoms with van der Waals surface area (Å²) in [5.74, 6) is 3.24. The summed E-state index contributed by atoms with van der Waals surface area (Å²) in [7, 11) is 0. The largest absolute Gasteiger partial charge is 0.417 e. The van der Waals surface area contributed by atoms with Crippen LogP contribution in [0.5, 0.6) is 0 Å². The highest BCUT2D eigenvalue weighted by Gasteiger charge is 2.32. The number of aromatic nitrogens is 1. The summed E-state index contributed by atoms with van der Waals surface area (Å²) in [5.41, 5.74) is 0.525. The summed E-state index contributed by atoms with van der Waals surface area (Å²) in [6.07, 6.45) is -4.52. The Kier molecular flexibility index (Phi) is 5.23. The Labute approximate surface area is 158 Å². The third kappa shape index (κ3) is 3.91. The third-order valence-electron chi connectivity index (χ3n) is 4.12. The molecule has 0 fully saturated rings. The van der Waals surface area contributed by atoms with E-state index in [1.54, 1.807) is 31.2 Å². The van der Waals surface area contributed by atoms with E-state index in [1.807, 2.05) is 0 Å². The van der Waals surface area contributed by atoms with Crippen molar-refractivity contribution in [3.8, 4) is 11.8 Å². The van der Waals surface area contributed by atoms with Gasteiger partial charge in [0.15, 0.2) is 0 Å². The average molecular weight is 384 g/mol. The Morgan fingerprint density at radius 3 is 2.50 bits per heavy atom. The van der Waals surface area contributed by atoms with Gasteiger partial charge in [0.2, 0.25) is 0 Å². The molecule has 0 atom stereocenters. The molecular weight excluding hydrogens is 369 g/mol. The molecule has 0 unspecified atom stereocenters. The molecular formula is C21H15F3N2O2. The van der Waals surface area contributed by atoms with Crippen molar-refractivity contribution < 1.29 is 22.8 Å². The fraction of sp³-hybridized carbons (Fsp3) is 0.143. The van der Waals surface area contributed by atoms with E-state index < -0.39 is 23.4 Å². The van der Waals surface area contributed by atoms with Crippen LogP contribution in [0.2, 0.25) is 0 Å². The van der Waals surface area contributed by atoms with Crippen LogP contribution in [-0.4, -0.2) is 23.2 Å². The number of benzene rings is 2. The van der Waals surface area contributed by atoms with Crippen LogP contribution in [0.3, 0.4) is 0 Å². The standard InChI is InChI=1S/C21H15F3N2O2/c1-13-18(15-9-3-5-11-17(15)26-13)19(27)20(28)25-12-6-8-14-7-2-4-10-16(14)21(22,23)24/h2-5,7,9-11,26H,12H2,1H3,(H,25,28). The molecule has 0 aliphatic rings. The Balaban J connectivity index is 1.72. The van der Waals surface area contributed by atoms with Crippen molar-refractivity contribution >= 4 is 22.6 Å². The molecule has 0 aliphatic carbocycles. The molecule has 0 saturated carbocycles. The van der Waals surface area contributed by atoms with E-state index in [-0.39, 0.29) is 17.7 Å². The third-order valence-corrected chi connectivity index (χ3v) is 4.12. The fourth-order valence-electron chi connectivity index (χ4n) is 2.87. The number of aryl methyl sites for hydroxylation is 1. The monoisotopic (exact) mass is 384 g/mol. The van der Waals surface area contributed by atoms with Crippen molar-refractivity contribution in [3.63, 3.8) is 0 Å². The molecule has 142 valence electrons. The molecule has 7 heteroatoms. The number of alkyl halides is 3. The second-order valence-electron chi connectivity index (χ2n) is 6.03. The van der Waals surface area contributed by atoms with E-state index in [1.165, 1.54) is 18.2 Å². The molecule has 0 saturated heterocycles. The van der Waals surface area contributed by atoms with Gasteiger partial charge in [-0.05, 0) is 25.1 Å². The Hall–Kier alpha value is -3.53. The molecule has 1 heterocycles. The molecule has 0 aliphatic heterocycles. The lowest BCUT2D eigenvalue weighted by molar-refractivity contribution is -0.137. The van der Waals surface area contributed by atoms with Gasteiger partial charge in [-0.3, -0.25) is 9.59 Å². The Morgan fingerprint density at radius 1 is 1.07 bits per heavy atom. The molecule has 2 aromatic carbocycles. The predicted octanol–water partition coefficient (Wildman–Crippen LogP) is 3.85. The Bertz CT molecular complexity index is 1120. The lowest BCUT2D eigenvalue weighted by Gasteiger charge is -2.08. The topological polar surface area (TPSA) is 62.0 Å². The lowest BCUT2D eigenvalue weighted by Crippen LogP contribution is -2.31. The summed E-state index contributed by atoms with van der Waals surface area (Å²) in [5, 5.41) is 2.96. The number of hydrogen-bond donors (Lipinski definition) is 2. The number of para-hydroxylation sites is 1. The molecule has 3 aromatic rings. The first-order valence-electron chi connectivity index (χ1n) is 8.34. The van der Waals surface area contributed by atoms with Crippen molar-refractivity contribution in [1.29, 1.82) is 0 Å². The van der Waals surface area contributed by atoms with Crippen LogP contribution in [0.4, 0.5) is 13.2 Å². The fourth-order valence-corrected chi connectivity index (χ4v) is 2.87. The number of Topliss-reactive ketones (excluding diaryl/α,β-unsaturated/α-hetero) is 1. The number of carbonyl (C=O) groups is 2. The summed E-state index contributed by atoms with van der Waals surface area (Å²) < 4.78 is 38.8. The van der Waals surface area contributed by atoms with Crippen LogP contribution in [0.1, 0.15) is 27.2 Å². The van der Waals surface area contributed by atoms with Gasteiger partial charge in [0.1, 0.15) is 0 Å². The minimum absolute atomic E-state index is 0.192. The summed E-state index contributed by atoms with van der Waals surface area (Å²) >= 11 is 0. The number of halogens is 3. The van der Waals surface area contributed by atoms with Gasteiger partial charge in [0.05, 0.1) is 17.7 Å². The van der Waals surface area contributed by atoms with Gasteiger partial charge < -0.3 is 10.3 Å². The number of fused-ring (bicyclic) bond motifs is 1. The maximum Gasteiger partial charge on any atom is 0.417 e. The molecule has 3 rings (SSSR count). The van der Waals surface area contributed by atoms with E-state index in [0.29, 0.717) is 11.1 Å². The zero-order valence-electron chi connectivity index (χ0n) is 14.8. The number of H-pyrrole nitrogens is 1. The van der Waals surface area contributed by atoms with E-state index in [2.05, 4.69) is 22.1 Å². The molecule has 1 aromatic heterocycles. The maximum atomic E-state index is 12.9. The van der Waals surface area contributed by atoms with Crippen molar-refractivity contribution in [2.75, 3.05) is 6.54 Å². The lowest BCUT2D eigenvalue weighted by atomic mass is 10.1. The summed E-state index contributed by atoms with van der Waals surface area (Å²) in [6.45, 7) is 1.44. The summed E-state index contributed by atoms with van der Waals surface area (Å²) in [4.78, 5) is 27.7. The molecule has 0 bridgehead atoms. The molecule has 4 nitrogen and oxygen atoms in total. The highest BCUT2D eigenvalue weighted by atomic mass is 19.4. The first-order chi connectivity index (χ1) is 13.3. The molecule has 28 heavy (non-hydrogen) atoms. The van der Waals surface area contributed by atoms with Crippen LogP contribution < -0.4 is 5.32 Å². The predicted molar refractivity (Wildman–Crippen MR) is 98.7 cm³/mol. The highest BCUT2D eigenvalue weighted by Crippen LogP contribution is 2.31. The number of hydrogen-bond acceptors (Lipinski definition) is 2. The summed E-state index contributed by atoms with van der Waals surface area (Å²) in [6, 6.07) is 12.0. The van der Waals surface area contributed by atoms with Crippen molar-refractivity contribution in [1.82, 2.24) is 10.3 Å².